The molecular weight excluding hydrogens is 466 g/mol. The Morgan fingerprint density at radius 2 is 1.56 bits per heavy atom. The number of hydrogen-bond acceptors (Lipinski definition) is 5. The molecule has 0 radical (unpaired) electrons. The van der Waals surface area contributed by atoms with Crippen molar-refractivity contribution in [2.75, 3.05) is 11.1 Å². The first-order valence-electron chi connectivity index (χ1n) is 9.38. The number of nitrogens with one attached hydrogen (secondary N) is 1. The Bertz CT molecular complexity index is 1380. The van der Waals surface area contributed by atoms with E-state index in [2.05, 4.69) is 5.32 Å². The first-order chi connectivity index (χ1) is 15.2. The summed E-state index contributed by atoms with van der Waals surface area (Å²) < 4.78 is 23.2. The number of anilines is 2. The number of halogens is 1. The van der Waals surface area contributed by atoms with Gasteiger partial charge in [0.2, 0.25) is 10.0 Å². The van der Waals surface area contributed by atoms with Crippen molar-refractivity contribution in [2.45, 2.75) is 4.90 Å². The van der Waals surface area contributed by atoms with Gasteiger partial charge in [-0.3, -0.25) is 4.79 Å². The molecule has 162 valence electrons. The average Bonchev–Trinajstić information content (AvgIpc) is 3.27. The zero-order chi connectivity index (χ0) is 22.9. The van der Waals surface area contributed by atoms with Gasteiger partial charge in [-0.25, -0.2) is 13.6 Å². The van der Waals surface area contributed by atoms with Gasteiger partial charge in [0.15, 0.2) is 0 Å². The monoisotopic (exact) mass is 483 g/mol. The fourth-order valence-corrected chi connectivity index (χ4v) is 4.48. The lowest BCUT2D eigenvalue weighted by atomic mass is 9.93. The number of nitrogens with two attached hydrogens (primary N) is 2. The maximum atomic E-state index is 13.0. The van der Waals surface area contributed by atoms with E-state index >= 15 is 0 Å². The summed E-state index contributed by atoms with van der Waals surface area (Å²) in [6.07, 6.45) is 0. The SMILES string of the molecule is Nc1c(C(=O)Nc2ccsc2)cc(-c2ccc(Cl)cc2)cc1-c1ccc(S(N)(=O)=O)cc1. The van der Waals surface area contributed by atoms with Gasteiger partial charge < -0.3 is 11.1 Å². The van der Waals surface area contributed by atoms with Gasteiger partial charge in [-0.1, -0.05) is 35.9 Å². The second kappa shape index (κ2) is 8.76. The number of carbonyl (C=O) groups excluding carboxylic acids is 1. The molecule has 1 heterocycles. The van der Waals surface area contributed by atoms with Crippen LogP contribution >= 0.6 is 22.9 Å². The van der Waals surface area contributed by atoms with E-state index in [0.717, 1.165) is 11.1 Å². The molecule has 0 atom stereocenters. The van der Waals surface area contributed by atoms with Crippen LogP contribution in [0.15, 0.2) is 82.4 Å². The maximum absolute atomic E-state index is 13.0. The summed E-state index contributed by atoms with van der Waals surface area (Å²) in [5.74, 6) is -0.348. The normalized spacial score (nSPS) is 11.3. The molecule has 4 aromatic rings. The van der Waals surface area contributed by atoms with Gasteiger partial charge >= 0.3 is 0 Å². The molecule has 0 spiro atoms. The number of rotatable bonds is 5. The Morgan fingerprint density at radius 1 is 0.906 bits per heavy atom. The van der Waals surface area contributed by atoms with Crippen molar-refractivity contribution in [2.24, 2.45) is 5.14 Å². The first kappa shape index (κ1) is 22.0. The van der Waals surface area contributed by atoms with Crippen LogP contribution in [0.3, 0.4) is 0 Å². The molecule has 0 fully saturated rings. The van der Waals surface area contributed by atoms with Gasteiger partial charge in [0, 0.05) is 16.0 Å². The third kappa shape index (κ3) is 4.68. The summed E-state index contributed by atoms with van der Waals surface area (Å²) in [5.41, 5.74) is 10.5. The Kier molecular flexibility index (Phi) is 6.03. The molecule has 0 bridgehead atoms. The third-order valence-corrected chi connectivity index (χ3v) is 6.74. The molecule has 3 aromatic carbocycles. The van der Waals surface area contributed by atoms with Gasteiger partial charge in [-0.05, 0) is 64.5 Å². The van der Waals surface area contributed by atoms with Crippen LogP contribution < -0.4 is 16.2 Å². The molecule has 32 heavy (non-hydrogen) atoms. The molecule has 0 aliphatic heterocycles. The fraction of sp³-hybridized carbons (Fsp3) is 0. The Balaban J connectivity index is 1.85. The van der Waals surface area contributed by atoms with Crippen molar-refractivity contribution in [1.29, 1.82) is 0 Å². The van der Waals surface area contributed by atoms with E-state index < -0.39 is 10.0 Å². The van der Waals surface area contributed by atoms with Gasteiger partial charge in [-0.2, -0.15) is 11.3 Å². The zero-order valence-corrected chi connectivity index (χ0v) is 19.0. The van der Waals surface area contributed by atoms with Crippen LogP contribution in [0.4, 0.5) is 11.4 Å². The number of carbonyl (C=O) groups is 1. The third-order valence-electron chi connectivity index (χ3n) is 4.88. The highest BCUT2D eigenvalue weighted by atomic mass is 35.5. The van der Waals surface area contributed by atoms with Crippen molar-refractivity contribution in [3.8, 4) is 22.3 Å². The lowest BCUT2D eigenvalue weighted by Gasteiger charge is -2.15. The lowest BCUT2D eigenvalue weighted by Crippen LogP contribution is -2.14. The summed E-state index contributed by atoms with van der Waals surface area (Å²) in [5, 5.41) is 12.3. The molecule has 6 nitrogen and oxygen atoms in total. The van der Waals surface area contributed by atoms with Crippen LogP contribution in [-0.4, -0.2) is 14.3 Å². The molecule has 0 saturated carbocycles. The lowest BCUT2D eigenvalue weighted by molar-refractivity contribution is 0.102. The van der Waals surface area contributed by atoms with Crippen molar-refractivity contribution < 1.29 is 13.2 Å². The minimum absolute atomic E-state index is 0.0101. The number of benzene rings is 3. The highest BCUT2D eigenvalue weighted by Gasteiger charge is 2.18. The number of hydrogen-bond donors (Lipinski definition) is 3. The van der Waals surface area contributed by atoms with E-state index in [9.17, 15) is 13.2 Å². The Hall–Kier alpha value is -3.17. The van der Waals surface area contributed by atoms with E-state index in [-0.39, 0.29) is 16.5 Å². The maximum Gasteiger partial charge on any atom is 0.257 e. The van der Waals surface area contributed by atoms with Crippen LogP contribution in [-0.2, 0) is 10.0 Å². The Morgan fingerprint density at radius 3 is 2.16 bits per heavy atom. The first-order valence-corrected chi connectivity index (χ1v) is 12.3. The van der Waals surface area contributed by atoms with Crippen molar-refractivity contribution in [3.05, 3.63) is 88.1 Å². The second-order valence-electron chi connectivity index (χ2n) is 7.03. The number of primary sulfonamides is 1. The predicted molar refractivity (Wildman–Crippen MR) is 130 cm³/mol. The number of nitrogen functional groups attached to an aromatic ring is 1. The summed E-state index contributed by atoms with van der Waals surface area (Å²) in [6, 6.07) is 18.6. The number of thiophene rings is 1. The van der Waals surface area contributed by atoms with Crippen molar-refractivity contribution >= 4 is 50.2 Å². The molecule has 0 aliphatic carbocycles. The summed E-state index contributed by atoms with van der Waals surface area (Å²) in [7, 11) is -3.82. The van der Waals surface area contributed by atoms with Gasteiger partial charge in [0.25, 0.3) is 5.91 Å². The number of amides is 1. The van der Waals surface area contributed by atoms with Crippen molar-refractivity contribution in [3.63, 3.8) is 0 Å². The molecule has 0 aliphatic rings. The highest BCUT2D eigenvalue weighted by molar-refractivity contribution is 7.89. The van der Waals surface area contributed by atoms with Crippen LogP contribution in [0, 0.1) is 0 Å². The Labute approximate surface area is 194 Å². The summed E-state index contributed by atoms with van der Waals surface area (Å²) in [6.45, 7) is 0. The summed E-state index contributed by atoms with van der Waals surface area (Å²) >= 11 is 7.49. The molecule has 0 saturated heterocycles. The van der Waals surface area contributed by atoms with Gasteiger partial charge in [0.05, 0.1) is 21.8 Å². The predicted octanol–water partition coefficient (Wildman–Crippen LogP) is 5.22. The molecule has 0 unspecified atom stereocenters. The zero-order valence-electron chi connectivity index (χ0n) is 16.6. The number of sulfonamides is 1. The standard InChI is InChI=1S/C23H18ClN3O3S2/c24-17-5-1-14(2-6-17)16-11-20(15-3-7-19(8-4-15)32(26,29)30)22(25)21(12-16)23(28)27-18-9-10-31-13-18/h1-13H,25H2,(H,27,28)(H2,26,29,30). The highest BCUT2D eigenvalue weighted by Crippen LogP contribution is 2.35. The molecule has 4 rings (SSSR count). The van der Waals surface area contributed by atoms with Crippen molar-refractivity contribution in [1.82, 2.24) is 0 Å². The summed E-state index contributed by atoms with van der Waals surface area (Å²) in [4.78, 5) is 13.0. The minimum atomic E-state index is -3.82. The minimum Gasteiger partial charge on any atom is -0.398 e. The molecular formula is C23H18ClN3O3S2. The van der Waals surface area contributed by atoms with Crippen LogP contribution in [0.2, 0.25) is 5.02 Å². The van der Waals surface area contributed by atoms with Gasteiger partial charge in [0.1, 0.15) is 0 Å². The average molecular weight is 484 g/mol. The molecule has 5 N–H and O–H groups in total. The van der Waals surface area contributed by atoms with E-state index in [0.29, 0.717) is 27.4 Å². The fourth-order valence-electron chi connectivity index (χ4n) is 3.25. The van der Waals surface area contributed by atoms with E-state index in [4.69, 9.17) is 22.5 Å². The molecule has 1 amide bonds. The van der Waals surface area contributed by atoms with E-state index in [1.807, 2.05) is 29.0 Å². The van der Waals surface area contributed by atoms with E-state index in [1.165, 1.54) is 23.5 Å². The second-order valence-corrected chi connectivity index (χ2v) is 9.81. The van der Waals surface area contributed by atoms with Crippen LogP contribution in [0.25, 0.3) is 22.3 Å². The quantitative estimate of drug-likeness (QED) is 0.337. The molecule has 1 aromatic heterocycles. The topological polar surface area (TPSA) is 115 Å². The van der Waals surface area contributed by atoms with Crippen LogP contribution in [0.1, 0.15) is 10.4 Å². The van der Waals surface area contributed by atoms with Gasteiger partial charge in [-0.15, -0.1) is 0 Å². The molecule has 9 heteroatoms. The largest absolute Gasteiger partial charge is 0.398 e. The van der Waals surface area contributed by atoms with Crippen LogP contribution in [0.5, 0.6) is 0 Å². The smallest absolute Gasteiger partial charge is 0.257 e. The van der Waals surface area contributed by atoms with E-state index in [1.54, 1.807) is 36.4 Å².